The van der Waals surface area contributed by atoms with Crippen LogP contribution in [-0.4, -0.2) is 54.0 Å². The number of hydrogen-bond acceptors (Lipinski definition) is 5. The number of nitrogens with one attached hydrogen (secondary N) is 1. The molecule has 0 amide bonds. The SMILES string of the molecule is COc1ccc(C(F)F)cc1-n1nc(NCCN(C)C)c2cnc(Cl)cc21. The second-order valence-corrected chi connectivity index (χ2v) is 6.63. The average molecular weight is 396 g/mol. The molecule has 0 aliphatic carbocycles. The summed E-state index contributed by atoms with van der Waals surface area (Å²) in [6.45, 7) is 1.47. The van der Waals surface area contributed by atoms with Crippen LogP contribution in [0.4, 0.5) is 14.6 Å². The van der Waals surface area contributed by atoms with E-state index in [0.717, 1.165) is 11.9 Å². The van der Waals surface area contributed by atoms with Crippen molar-refractivity contribution in [2.24, 2.45) is 0 Å². The molecule has 3 rings (SSSR count). The third-order valence-electron chi connectivity index (χ3n) is 4.07. The number of nitrogens with zero attached hydrogens (tertiary/aromatic N) is 4. The fraction of sp³-hybridized carbons (Fsp3) is 0.333. The molecule has 0 spiro atoms. The molecular weight excluding hydrogens is 376 g/mol. The summed E-state index contributed by atoms with van der Waals surface area (Å²) in [5, 5.41) is 8.85. The summed E-state index contributed by atoms with van der Waals surface area (Å²) < 4.78 is 33.3. The molecular formula is C18H20ClF2N5O. The van der Waals surface area contributed by atoms with Crippen LogP contribution in [0, 0.1) is 0 Å². The highest BCUT2D eigenvalue weighted by Crippen LogP contribution is 2.33. The van der Waals surface area contributed by atoms with Gasteiger partial charge in [0.25, 0.3) is 6.43 Å². The van der Waals surface area contributed by atoms with E-state index < -0.39 is 6.43 Å². The van der Waals surface area contributed by atoms with Gasteiger partial charge in [0.15, 0.2) is 5.82 Å². The molecule has 0 aliphatic rings. The summed E-state index contributed by atoms with van der Waals surface area (Å²) in [7, 11) is 5.43. The number of benzene rings is 1. The lowest BCUT2D eigenvalue weighted by Crippen LogP contribution is -2.21. The summed E-state index contributed by atoms with van der Waals surface area (Å²) in [6.07, 6.45) is -0.984. The van der Waals surface area contributed by atoms with Crippen molar-refractivity contribution in [3.8, 4) is 11.4 Å². The van der Waals surface area contributed by atoms with Gasteiger partial charge in [0, 0.05) is 30.9 Å². The number of fused-ring (bicyclic) bond motifs is 1. The molecule has 2 aromatic heterocycles. The van der Waals surface area contributed by atoms with Gasteiger partial charge in [-0.05, 0) is 32.3 Å². The number of methoxy groups -OCH3 is 1. The summed E-state index contributed by atoms with van der Waals surface area (Å²) in [5.74, 6) is 1.03. The first kappa shape index (κ1) is 19.3. The van der Waals surface area contributed by atoms with Gasteiger partial charge in [-0.2, -0.15) is 0 Å². The molecule has 6 nitrogen and oxygen atoms in total. The van der Waals surface area contributed by atoms with Gasteiger partial charge in [-0.15, -0.1) is 5.10 Å². The third-order valence-corrected chi connectivity index (χ3v) is 4.27. The zero-order valence-corrected chi connectivity index (χ0v) is 16.0. The maximum absolute atomic E-state index is 13.2. The minimum Gasteiger partial charge on any atom is -0.494 e. The molecule has 2 heterocycles. The number of anilines is 1. The molecule has 0 saturated carbocycles. The van der Waals surface area contributed by atoms with E-state index in [-0.39, 0.29) is 10.7 Å². The minimum absolute atomic E-state index is 0.114. The molecule has 0 bridgehead atoms. The lowest BCUT2D eigenvalue weighted by Gasteiger charge is -2.12. The zero-order chi connectivity index (χ0) is 19.6. The van der Waals surface area contributed by atoms with Gasteiger partial charge in [-0.1, -0.05) is 11.6 Å². The van der Waals surface area contributed by atoms with E-state index in [0.29, 0.717) is 29.3 Å². The number of ether oxygens (including phenoxy) is 1. The van der Waals surface area contributed by atoms with Crippen LogP contribution in [0.15, 0.2) is 30.5 Å². The van der Waals surface area contributed by atoms with Crippen LogP contribution < -0.4 is 10.1 Å². The Bertz CT molecular complexity index is 945. The Kier molecular flexibility index (Phi) is 5.76. The Morgan fingerprint density at radius 3 is 2.74 bits per heavy atom. The van der Waals surface area contributed by atoms with Crippen molar-refractivity contribution in [3.63, 3.8) is 0 Å². The zero-order valence-electron chi connectivity index (χ0n) is 15.2. The number of halogens is 3. The maximum Gasteiger partial charge on any atom is 0.263 e. The lowest BCUT2D eigenvalue weighted by atomic mass is 10.2. The Labute approximate surface area is 160 Å². The smallest absolute Gasteiger partial charge is 0.263 e. The summed E-state index contributed by atoms with van der Waals surface area (Å²) >= 11 is 6.06. The summed E-state index contributed by atoms with van der Waals surface area (Å²) in [6, 6.07) is 5.86. The van der Waals surface area contributed by atoms with Gasteiger partial charge in [0.2, 0.25) is 0 Å². The van der Waals surface area contributed by atoms with E-state index in [1.807, 2.05) is 19.0 Å². The topological polar surface area (TPSA) is 55.2 Å². The van der Waals surface area contributed by atoms with Crippen LogP contribution in [-0.2, 0) is 0 Å². The Morgan fingerprint density at radius 1 is 1.30 bits per heavy atom. The van der Waals surface area contributed by atoms with Crippen LogP contribution in [0.25, 0.3) is 16.6 Å². The highest BCUT2D eigenvalue weighted by Gasteiger charge is 2.18. The molecule has 0 atom stereocenters. The first-order valence-electron chi connectivity index (χ1n) is 8.30. The summed E-state index contributed by atoms with van der Waals surface area (Å²) in [4.78, 5) is 6.16. The van der Waals surface area contributed by atoms with E-state index >= 15 is 0 Å². The monoisotopic (exact) mass is 395 g/mol. The predicted molar refractivity (Wildman–Crippen MR) is 102 cm³/mol. The van der Waals surface area contributed by atoms with Gasteiger partial charge in [0.05, 0.1) is 18.0 Å². The van der Waals surface area contributed by atoms with E-state index in [4.69, 9.17) is 16.3 Å². The number of rotatable bonds is 7. The normalized spacial score (nSPS) is 11.6. The molecule has 0 fully saturated rings. The number of hydrogen-bond donors (Lipinski definition) is 1. The van der Waals surface area contributed by atoms with Crippen LogP contribution >= 0.6 is 11.6 Å². The number of aromatic nitrogens is 3. The predicted octanol–water partition coefficient (Wildman–Crippen LogP) is 3.99. The first-order valence-corrected chi connectivity index (χ1v) is 8.68. The largest absolute Gasteiger partial charge is 0.494 e. The van der Waals surface area contributed by atoms with E-state index in [2.05, 4.69) is 15.4 Å². The summed E-state index contributed by atoms with van der Waals surface area (Å²) in [5.41, 5.74) is 0.937. The third kappa shape index (κ3) is 4.12. The maximum atomic E-state index is 13.2. The molecule has 1 N–H and O–H groups in total. The molecule has 0 aliphatic heterocycles. The van der Waals surface area contributed by atoms with Crippen molar-refractivity contribution >= 4 is 28.3 Å². The van der Waals surface area contributed by atoms with Crippen LogP contribution in [0.1, 0.15) is 12.0 Å². The van der Waals surface area contributed by atoms with Crippen molar-refractivity contribution in [2.75, 3.05) is 39.6 Å². The fourth-order valence-corrected chi connectivity index (χ4v) is 2.86. The molecule has 0 unspecified atom stereocenters. The van der Waals surface area contributed by atoms with E-state index in [1.54, 1.807) is 16.9 Å². The van der Waals surface area contributed by atoms with Gasteiger partial charge in [-0.3, -0.25) is 0 Å². The van der Waals surface area contributed by atoms with Crippen molar-refractivity contribution in [2.45, 2.75) is 6.43 Å². The molecule has 1 aromatic carbocycles. The van der Waals surface area contributed by atoms with Crippen LogP contribution in [0.3, 0.4) is 0 Å². The molecule has 27 heavy (non-hydrogen) atoms. The average Bonchev–Trinajstić information content (AvgIpc) is 2.98. The van der Waals surface area contributed by atoms with E-state index in [1.165, 1.54) is 25.3 Å². The highest BCUT2D eigenvalue weighted by atomic mass is 35.5. The Balaban J connectivity index is 2.14. The lowest BCUT2D eigenvalue weighted by molar-refractivity contribution is 0.151. The first-order chi connectivity index (χ1) is 12.9. The van der Waals surface area contributed by atoms with Gasteiger partial charge >= 0.3 is 0 Å². The molecule has 144 valence electrons. The van der Waals surface area contributed by atoms with Crippen LogP contribution in [0.2, 0.25) is 5.15 Å². The fourth-order valence-electron chi connectivity index (χ4n) is 2.71. The van der Waals surface area contributed by atoms with E-state index in [9.17, 15) is 8.78 Å². The minimum atomic E-state index is -2.60. The van der Waals surface area contributed by atoms with Crippen molar-refractivity contribution < 1.29 is 13.5 Å². The van der Waals surface area contributed by atoms with Gasteiger partial charge < -0.3 is 15.0 Å². The van der Waals surface area contributed by atoms with Crippen molar-refractivity contribution in [1.29, 1.82) is 0 Å². The Morgan fingerprint density at radius 2 is 2.07 bits per heavy atom. The number of likely N-dealkylation sites (N-methyl/N-ethyl adjacent to an activating group) is 1. The van der Waals surface area contributed by atoms with Crippen molar-refractivity contribution in [1.82, 2.24) is 19.7 Å². The Hall–Kier alpha value is -2.45. The molecule has 9 heteroatoms. The number of pyridine rings is 1. The molecule has 3 aromatic rings. The second kappa shape index (κ2) is 8.06. The molecule has 0 radical (unpaired) electrons. The van der Waals surface area contributed by atoms with Crippen LogP contribution in [0.5, 0.6) is 5.75 Å². The molecule has 0 saturated heterocycles. The highest BCUT2D eigenvalue weighted by molar-refractivity contribution is 6.30. The van der Waals surface area contributed by atoms with Gasteiger partial charge in [-0.25, -0.2) is 18.4 Å². The standard InChI is InChI=1S/C18H20ClF2N5O/c1-25(2)7-6-22-18-12-10-23-16(19)9-13(12)26(24-18)14-8-11(17(20)21)4-5-15(14)27-3/h4-5,8-10,17H,6-7H2,1-3H3,(H,22,24). The van der Waals surface area contributed by atoms with Crippen molar-refractivity contribution in [3.05, 3.63) is 41.2 Å². The number of alkyl halides is 2. The second-order valence-electron chi connectivity index (χ2n) is 6.25. The quantitative estimate of drug-likeness (QED) is 0.613. The van der Waals surface area contributed by atoms with Gasteiger partial charge in [0.1, 0.15) is 16.6 Å².